The van der Waals surface area contributed by atoms with Gasteiger partial charge in [0.15, 0.2) is 0 Å². The van der Waals surface area contributed by atoms with Crippen LogP contribution in [0.3, 0.4) is 0 Å². The maximum absolute atomic E-state index is 13.1. The Morgan fingerprint density at radius 2 is 1.87 bits per heavy atom. The molecule has 4 rings (SSSR count). The van der Waals surface area contributed by atoms with Crippen LogP contribution in [-0.4, -0.2) is 35.2 Å². The van der Waals surface area contributed by atoms with E-state index in [4.69, 9.17) is 9.47 Å². The van der Waals surface area contributed by atoms with Crippen LogP contribution >= 0.6 is 0 Å². The number of hydrogen-bond acceptors (Lipinski definition) is 4. The van der Waals surface area contributed by atoms with Crippen molar-refractivity contribution in [2.45, 2.75) is 25.7 Å². The summed E-state index contributed by atoms with van der Waals surface area (Å²) in [6.07, 6.45) is -3.65. The van der Waals surface area contributed by atoms with Gasteiger partial charge in [0, 0.05) is 44.2 Å². The van der Waals surface area contributed by atoms with Gasteiger partial charge in [0.05, 0.1) is 31.2 Å². The fourth-order valence-electron chi connectivity index (χ4n) is 4.02. The van der Waals surface area contributed by atoms with Gasteiger partial charge < -0.3 is 14.0 Å². The van der Waals surface area contributed by atoms with Crippen molar-refractivity contribution >= 4 is 0 Å². The minimum atomic E-state index is -4.38. The van der Waals surface area contributed by atoms with Crippen molar-refractivity contribution in [2.24, 2.45) is 7.05 Å². The first-order valence-corrected chi connectivity index (χ1v) is 9.95. The van der Waals surface area contributed by atoms with Crippen LogP contribution in [0.15, 0.2) is 42.5 Å². The zero-order chi connectivity index (χ0) is 22.2. The van der Waals surface area contributed by atoms with E-state index in [1.807, 2.05) is 29.8 Å². The van der Waals surface area contributed by atoms with Crippen molar-refractivity contribution in [3.05, 3.63) is 65.0 Å². The fraction of sp³-hybridized carbons (Fsp3) is 0.348. The number of methoxy groups -OCH3 is 2. The number of alkyl halides is 3. The molecule has 0 N–H and O–H groups in total. The third kappa shape index (κ3) is 4.25. The summed E-state index contributed by atoms with van der Waals surface area (Å²) < 4.78 is 52.1. The second-order valence-electron chi connectivity index (χ2n) is 7.60. The van der Waals surface area contributed by atoms with E-state index in [-0.39, 0.29) is 0 Å². The SMILES string of the molecule is COc1ccc(OC)c(CN2CCc3nc(-c4cccc(C(F)(F)F)c4)n(C)c3C2)c1. The topological polar surface area (TPSA) is 39.5 Å². The normalized spacial score (nSPS) is 14.4. The van der Waals surface area contributed by atoms with Crippen LogP contribution in [0.5, 0.6) is 11.5 Å². The van der Waals surface area contributed by atoms with E-state index < -0.39 is 11.7 Å². The first-order chi connectivity index (χ1) is 14.8. The predicted octanol–water partition coefficient (Wildman–Crippen LogP) is 4.68. The maximum Gasteiger partial charge on any atom is 0.416 e. The van der Waals surface area contributed by atoms with Gasteiger partial charge >= 0.3 is 6.18 Å². The van der Waals surface area contributed by atoms with E-state index in [2.05, 4.69) is 9.88 Å². The monoisotopic (exact) mass is 431 g/mol. The molecule has 0 spiro atoms. The van der Waals surface area contributed by atoms with Gasteiger partial charge in [0.1, 0.15) is 17.3 Å². The molecule has 1 aliphatic rings. The number of halogens is 3. The Labute approximate surface area is 179 Å². The van der Waals surface area contributed by atoms with Gasteiger partial charge in [-0.3, -0.25) is 4.90 Å². The molecular formula is C23H24F3N3O2. The molecule has 164 valence electrons. The highest BCUT2D eigenvalue weighted by Crippen LogP contribution is 2.33. The van der Waals surface area contributed by atoms with Crippen molar-refractivity contribution in [3.63, 3.8) is 0 Å². The molecule has 0 atom stereocenters. The van der Waals surface area contributed by atoms with Crippen LogP contribution in [0.25, 0.3) is 11.4 Å². The standard InChI is InChI=1S/C23H24F3N3O2/c1-28-20-14-29(13-16-12-18(30-2)7-8-21(16)31-3)10-9-19(20)27-22(28)15-5-4-6-17(11-15)23(24,25)26/h4-8,11-12H,9-10,13-14H2,1-3H3. The summed E-state index contributed by atoms with van der Waals surface area (Å²) in [5, 5.41) is 0. The summed E-state index contributed by atoms with van der Waals surface area (Å²) in [5.41, 5.74) is 2.76. The van der Waals surface area contributed by atoms with Crippen LogP contribution in [0.4, 0.5) is 13.2 Å². The Balaban J connectivity index is 1.60. The van der Waals surface area contributed by atoms with Crippen molar-refractivity contribution in [3.8, 4) is 22.9 Å². The van der Waals surface area contributed by atoms with E-state index in [9.17, 15) is 13.2 Å². The first-order valence-electron chi connectivity index (χ1n) is 9.95. The fourth-order valence-corrected chi connectivity index (χ4v) is 4.02. The Hall–Kier alpha value is -3.00. The Bertz CT molecular complexity index is 1090. The summed E-state index contributed by atoms with van der Waals surface area (Å²) in [6, 6.07) is 11.0. The number of ether oxygens (including phenoxy) is 2. The molecule has 0 unspecified atom stereocenters. The van der Waals surface area contributed by atoms with Crippen LogP contribution < -0.4 is 9.47 Å². The van der Waals surface area contributed by atoms with Crippen LogP contribution in [-0.2, 0) is 32.7 Å². The number of fused-ring (bicyclic) bond motifs is 1. The quantitative estimate of drug-likeness (QED) is 0.588. The van der Waals surface area contributed by atoms with E-state index in [1.54, 1.807) is 20.3 Å². The summed E-state index contributed by atoms with van der Waals surface area (Å²) in [7, 11) is 5.13. The number of hydrogen-bond donors (Lipinski definition) is 0. The number of rotatable bonds is 5. The lowest BCUT2D eigenvalue weighted by molar-refractivity contribution is -0.137. The van der Waals surface area contributed by atoms with Gasteiger partial charge in [0.2, 0.25) is 0 Å². The lowest BCUT2D eigenvalue weighted by atomic mass is 10.1. The highest BCUT2D eigenvalue weighted by atomic mass is 19.4. The van der Waals surface area contributed by atoms with Crippen molar-refractivity contribution < 1.29 is 22.6 Å². The molecule has 0 fully saturated rings. The lowest BCUT2D eigenvalue weighted by Gasteiger charge is -2.27. The summed E-state index contributed by atoms with van der Waals surface area (Å²) in [5.74, 6) is 2.11. The lowest BCUT2D eigenvalue weighted by Crippen LogP contribution is -2.31. The van der Waals surface area contributed by atoms with Gasteiger partial charge in [-0.15, -0.1) is 0 Å². The largest absolute Gasteiger partial charge is 0.497 e. The Kier molecular flexibility index (Phi) is 5.66. The number of benzene rings is 2. The molecule has 1 aliphatic heterocycles. The minimum Gasteiger partial charge on any atom is -0.497 e. The van der Waals surface area contributed by atoms with Crippen molar-refractivity contribution in [1.82, 2.24) is 14.5 Å². The summed E-state index contributed by atoms with van der Waals surface area (Å²) >= 11 is 0. The van der Waals surface area contributed by atoms with Gasteiger partial charge in [-0.1, -0.05) is 12.1 Å². The van der Waals surface area contributed by atoms with E-state index >= 15 is 0 Å². The average molecular weight is 431 g/mol. The smallest absolute Gasteiger partial charge is 0.416 e. The number of imidazole rings is 1. The second kappa shape index (κ2) is 8.26. The zero-order valence-electron chi connectivity index (χ0n) is 17.7. The number of aromatic nitrogens is 2. The Morgan fingerprint density at radius 3 is 2.58 bits per heavy atom. The molecule has 3 aromatic rings. The molecule has 1 aromatic heterocycles. The number of nitrogens with zero attached hydrogens (tertiary/aromatic N) is 3. The van der Waals surface area contributed by atoms with Gasteiger partial charge in [0.25, 0.3) is 0 Å². The summed E-state index contributed by atoms with van der Waals surface area (Å²) in [4.78, 5) is 6.95. The molecule has 0 radical (unpaired) electrons. The molecule has 8 heteroatoms. The molecule has 0 aliphatic carbocycles. The molecule has 0 bridgehead atoms. The second-order valence-corrected chi connectivity index (χ2v) is 7.60. The van der Waals surface area contributed by atoms with Crippen molar-refractivity contribution in [2.75, 3.05) is 20.8 Å². The zero-order valence-corrected chi connectivity index (χ0v) is 17.7. The first kappa shape index (κ1) is 21.2. The van der Waals surface area contributed by atoms with Crippen LogP contribution in [0.2, 0.25) is 0 Å². The molecule has 0 saturated carbocycles. The molecule has 0 saturated heterocycles. The van der Waals surface area contributed by atoms with E-state index in [0.29, 0.717) is 24.5 Å². The molecule has 2 heterocycles. The van der Waals surface area contributed by atoms with Gasteiger partial charge in [-0.25, -0.2) is 4.98 Å². The van der Waals surface area contributed by atoms with Crippen molar-refractivity contribution in [1.29, 1.82) is 0 Å². The molecule has 2 aromatic carbocycles. The van der Waals surface area contributed by atoms with E-state index in [0.717, 1.165) is 53.5 Å². The molecular weight excluding hydrogens is 407 g/mol. The van der Waals surface area contributed by atoms with Crippen LogP contribution in [0, 0.1) is 0 Å². The third-order valence-electron chi connectivity index (χ3n) is 5.66. The van der Waals surface area contributed by atoms with Gasteiger partial charge in [-0.2, -0.15) is 13.2 Å². The third-order valence-corrected chi connectivity index (χ3v) is 5.66. The highest BCUT2D eigenvalue weighted by Gasteiger charge is 2.31. The minimum absolute atomic E-state index is 0.465. The van der Waals surface area contributed by atoms with E-state index in [1.165, 1.54) is 6.07 Å². The molecule has 31 heavy (non-hydrogen) atoms. The van der Waals surface area contributed by atoms with Crippen LogP contribution in [0.1, 0.15) is 22.5 Å². The highest BCUT2D eigenvalue weighted by molar-refractivity contribution is 5.58. The molecule has 5 nitrogen and oxygen atoms in total. The maximum atomic E-state index is 13.1. The van der Waals surface area contributed by atoms with Gasteiger partial charge in [-0.05, 0) is 30.3 Å². The molecule has 0 amide bonds. The predicted molar refractivity (Wildman–Crippen MR) is 111 cm³/mol. The summed E-state index contributed by atoms with van der Waals surface area (Å²) in [6.45, 7) is 2.12. The average Bonchev–Trinajstić information content (AvgIpc) is 3.09. The Morgan fingerprint density at radius 1 is 1.06 bits per heavy atom.